The standard InChI is InChI=1S/C23H23NO5S2/c1-5-17(22(26)27)29-18-9-7-15(11-19(18)28-4)12-20-21(25)24(23(30)31-20)16-8-6-13(2)10-14(16)3/h6-12,17H,5H2,1-4H3,(H,26,27)/b20-12+. The average Bonchev–Trinajstić information content (AvgIpc) is 2.99. The first kappa shape index (κ1) is 22.8. The Morgan fingerprint density at radius 1 is 1.23 bits per heavy atom. The zero-order valence-electron chi connectivity index (χ0n) is 17.7. The molecule has 1 saturated heterocycles. The lowest BCUT2D eigenvalue weighted by atomic mass is 10.1. The van der Waals surface area contributed by atoms with E-state index in [-0.39, 0.29) is 5.91 Å². The van der Waals surface area contributed by atoms with E-state index in [1.54, 1.807) is 36.1 Å². The number of carbonyl (C=O) groups excluding carboxylic acids is 1. The number of hydrogen-bond donors (Lipinski definition) is 1. The molecule has 1 atom stereocenters. The number of aliphatic carboxylic acids is 1. The number of carboxylic acid groups (broad SMARTS) is 1. The van der Waals surface area contributed by atoms with E-state index in [4.69, 9.17) is 21.7 Å². The van der Waals surface area contributed by atoms with Crippen molar-refractivity contribution >= 4 is 51.9 Å². The van der Waals surface area contributed by atoms with Crippen LogP contribution in [0.4, 0.5) is 5.69 Å². The molecule has 0 saturated carbocycles. The summed E-state index contributed by atoms with van der Waals surface area (Å²) in [7, 11) is 1.48. The van der Waals surface area contributed by atoms with Crippen LogP contribution in [0.25, 0.3) is 6.08 Å². The monoisotopic (exact) mass is 457 g/mol. The van der Waals surface area contributed by atoms with E-state index in [1.807, 2.05) is 32.0 Å². The Labute approximate surface area is 190 Å². The van der Waals surface area contributed by atoms with Gasteiger partial charge in [-0.2, -0.15) is 0 Å². The first-order chi connectivity index (χ1) is 14.7. The number of ether oxygens (including phenoxy) is 2. The van der Waals surface area contributed by atoms with Gasteiger partial charge >= 0.3 is 5.97 Å². The van der Waals surface area contributed by atoms with Crippen molar-refractivity contribution in [2.75, 3.05) is 12.0 Å². The molecule has 162 valence electrons. The summed E-state index contributed by atoms with van der Waals surface area (Å²) in [6.45, 7) is 5.69. The minimum absolute atomic E-state index is 0.182. The van der Waals surface area contributed by atoms with Crippen LogP contribution in [0, 0.1) is 13.8 Å². The van der Waals surface area contributed by atoms with Gasteiger partial charge in [0.15, 0.2) is 21.9 Å². The van der Waals surface area contributed by atoms with Gasteiger partial charge in [0, 0.05) is 0 Å². The van der Waals surface area contributed by atoms with Gasteiger partial charge in [-0.05, 0) is 55.7 Å². The second-order valence-electron chi connectivity index (χ2n) is 7.07. The van der Waals surface area contributed by atoms with Crippen molar-refractivity contribution in [3.63, 3.8) is 0 Å². The fourth-order valence-corrected chi connectivity index (χ4v) is 4.50. The van der Waals surface area contributed by atoms with Crippen LogP contribution in [0.1, 0.15) is 30.0 Å². The van der Waals surface area contributed by atoms with E-state index in [0.717, 1.165) is 16.8 Å². The van der Waals surface area contributed by atoms with Gasteiger partial charge in [0.05, 0.1) is 17.7 Å². The lowest BCUT2D eigenvalue weighted by Gasteiger charge is -2.17. The Kier molecular flexibility index (Phi) is 7.02. The fourth-order valence-electron chi connectivity index (χ4n) is 3.22. The van der Waals surface area contributed by atoms with E-state index in [9.17, 15) is 14.7 Å². The maximum Gasteiger partial charge on any atom is 0.344 e. The normalized spacial score (nSPS) is 16.0. The molecule has 1 fully saturated rings. The van der Waals surface area contributed by atoms with Crippen LogP contribution >= 0.6 is 24.0 Å². The molecule has 1 aliphatic rings. The summed E-state index contributed by atoms with van der Waals surface area (Å²) < 4.78 is 11.4. The zero-order chi connectivity index (χ0) is 22.7. The summed E-state index contributed by atoms with van der Waals surface area (Å²) in [6, 6.07) is 11.0. The average molecular weight is 458 g/mol. The van der Waals surface area contributed by atoms with Gasteiger partial charge in [-0.1, -0.05) is 54.7 Å². The SMILES string of the molecule is CCC(Oc1ccc(/C=C2/SC(=S)N(c3ccc(C)cc3C)C2=O)cc1OC)C(=O)O. The highest BCUT2D eigenvalue weighted by molar-refractivity contribution is 8.27. The van der Waals surface area contributed by atoms with Gasteiger partial charge in [0.1, 0.15) is 0 Å². The quantitative estimate of drug-likeness (QED) is 0.465. The molecule has 2 aromatic carbocycles. The molecule has 2 aromatic rings. The molecular weight excluding hydrogens is 434 g/mol. The fraction of sp³-hybridized carbons (Fsp3) is 0.261. The molecule has 8 heteroatoms. The number of benzene rings is 2. The smallest absolute Gasteiger partial charge is 0.344 e. The second-order valence-corrected chi connectivity index (χ2v) is 8.75. The van der Waals surface area contributed by atoms with Gasteiger partial charge in [-0.3, -0.25) is 9.69 Å². The van der Waals surface area contributed by atoms with Crippen molar-refractivity contribution in [3.05, 3.63) is 58.0 Å². The number of hydrogen-bond acceptors (Lipinski definition) is 6. The van der Waals surface area contributed by atoms with Gasteiger partial charge < -0.3 is 14.6 Å². The minimum Gasteiger partial charge on any atom is -0.493 e. The van der Waals surface area contributed by atoms with Gasteiger partial charge in [0.25, 0.3) is 5.91 Å². The predicted molar refractivity (Wildman–Crippen MR) is 127 cm³/mol. The molecule has 0 aliphatic carbocycles. The van der Waals surface area contributed by atoms with Gasteiger partial charge in [0.2, 0.25) is 0 Å². The molecule has 1 heterocycles. The van der Waals surface area contributed by atoms with Crippen LogP contribution in [-0.2, 0) is 9.59 Å². The largest absolute Gasteiger partial charge is 0.493 e. The minimum atomic E-state index is -1.04. The van der Waals surface area contributed by atoms with Crippen LogP contribution in [0.3, 0.4) is 0 Å². The number of rotatable bonds is 7. The first-order valence-electron chi connectivity index (χ1n) is 9.67. The predicted octanol–water partition coefficient (Wildman–Crippen LogP) is 4.96. The molecule has 31 heavy (non-hydrogen) atoms. The van der Waals surface area contributed by atoms with Crippen LogP contribution < -0.4 is 14.4 Å². The molecule has 1 unspecified atom stereocenters. The first-order valence-corrected chi connectivity index (χ1v) is 10.9. The zero-order valence-corrected chi connectivity index (χ0v) is 19.3. The van der Waals surface area contributed by atoms with Crippen molar-refractivity contribution < 1.29 is 24.2 Å². The van der Waals surface area contributed by atoms with Crippen molar-refractivity contribution in [3.8, 4) is 11.5 Å². The maximum absolute atomic E-state index is 13.1. The Hall–Kier alpha value is -2.84. The van der Waals surface area contributed by atoms with E-state index >= 15 is 0 Å². The van der Waals surface area contributed by atoms with Crippen molar-refractivity contribution in [1.29, 1.82) is 0 Å². The van der Waals surface area contributed by atoms with E-state index in [2.05, 4.69) is 0 Å². The Bertz CT molecular complexity index is 1080. The molecule has 1 amide bonds. The van der Waals surface area contributed by atoms with Crippen molar-refractivity contribution in [2.24, 2.45) is 0 Å². The van der Waals surface area contributed by atoms with Crippen LogP contribution in [0.5, 0.6) is 11.5 Å². The number of thioether (sulfide) groups is 1. The highest BCUT2D eigenvalue weighted by Gasteiger charge is 2.34. The molecule has 0 bridgehead atoms. The van der Waals surface area contributed by atoms with E-state index < -0.39 is 12.1 Å². The Morgan fingerprint density at radius 3 is 2.58 bits per heavy atom. The lowest BCUT2D eigenvalue weighted by molar-refractivity contribution is -0.145. The van der Waals surface area contributed by atoms with Crippen LogP contribution in [0.15, 0.2) is 41.3 Å². The third-order valence-corrected chi connectivity index (χ3v) is 6.09. The summed E-state index contributed by atoms with van der Waals surface area (Å²) in [5, 5.41) is 9.22. The van der Waals surface area contributed by atoms with Crippen molar-refractivity contribution in [2.45, 2.75) is 33.3 Å². The number of carbonyl (C=O) groups is 2. The van der Waals surface area contributed by atoms with Gasteiger partial charge in [-0.25, -0.2) is 4.79 Å². The van der Waals surface area contributed by atoms with Gasteiger partial charge in [-0.15, -0.1) is 0 Å². The van der Waals surface area contributed by atoms with Crippen LogP contribution in [-0.4, -0.2) is 34.5 Å². The highest BCUT2D eigenvalue weighted by Crippen LogP contribution is 2.38. The Balaban J connectivity index is 1.88. The van der Waals surface area contributed by atoms with Crippen molar-refractivity contribution in [1.82, 2.24) is 0 Å². The maximum atomic E-state index is 13.1. The molecule has 6 nitrogen and oxygen atoms in total. The molecule has 0 spiro atoms. The second kappa shape index (κ2) is 9.53. The molecular formula is C23H23NO5S2. The van der Waals surface area contributed by atoms with E-state index in [1.165, 1.54) is 18.9 Å². The Morgan fingerprint density at radius 2 is 1.97 bits per heavy atom. The summed E-state index contributed by atoms with van der Waals surface area (Å²) in [4.78, 5) is 26.4. The summed E-state index contributed by atoms with van der Waals surface area (Å²) in [6.07, 6.45) is 1.10. The number of carboxylic acids is 1. The number of thiocarbonyl (C=S) groups is 1. The third-order valence-electron chi connectivity index (χ3n) is 4.79. The number of methoxy groups -OCH3 is 1. The number of nitrogens with zero attached hydrogens (tertiary/aromatic N) is 1. The number of aryl methyl sites for hydroxylation is 2. The molecule has 0 radical (unpaired) electrons. The molecule has 3 rings (SSSR count). The molecule has 1 aliphatic heterocycles. The molecule has 1 N–H and O–H groups in total. The number of anilines is 1. The number of amides is 1. The summed E-state index contributed by atoms with van der Waals surface area (Å²) >= 11 is 6.71. The highest BCUT2D eigenvalue weighted by atomic mass is 32.2. The summed E-state index contributed by atoms with van der Waals surface area (Å²) in [5.74, 6) is -0.503. The van der Waals surface area contributed by atoms with E-state index in [0.29, 0.717) is 32.7 Å². The summed E-state index contributed by atoms with van der Waals surface area (Å²) in [5.41, 5.74) is 3.58. The van der Waals surface area contributed by atoms with Crippen LogP contribution in [0.2, 0.25) is 0 Å². The third kappa shape index (κ3) is 4.91. The molecule has 0 aromatic heterocycles. The topological polar surface area (TPSA) is 76.1 Å². The lowest BCUT2D eigenvalue weighted by Crippen LogP contribution is -2.28.